The maximum Gasteiger partial charge on any atom is 0.278 e. The molecule has 0 amide bonds. The Hall–Kier alpha value is -3.33. The largest absolute Gasteiger partial charge is 0.497 e. The van der Waals surface area contributed by atoms with Crippen LogP contribution in [0.2, 0.25) is 5.15 Å². The first kappa shape index (κ1) is 17.1. The highest BCUT2D eigenvalue weighted by Gasteiger charge is 2.16. The van der Waals surface area contributed by atoms with Crippen molar-refractivity contribution < 1.29 is 14.0 Å². The summed E-state index contributed by atoms with van der Waals surface area (Å²) in [7, 11) is 3.12. The minimum Gasteiger partial charge on any atom is -0.497 e. The minimum atomic E-state index is -0.265. The van der Waals surface area contributed by atoms with Crippen LogP contribution < -0.4 is 15.0 Å². The van der Waals surface area contributed by atoms with Crippen molar-refractivity contribution in [1.29, 1.82) is 0 Å². The predicted molar refractivity (Wildman–Crippen MR) is 96.4 cm³/mol. The van der Waals surface area contributed by atoms with Crippen LogP contribution in [0.15, 0.2) is 46.0 Å². The van der Waals surface area contributed by atoms with Gasteiger partial charge < -0.3 is 14.0 Å². The molecule has 0 N–H and O–H groups in total. The van der Waals surface area contributed by atoms with Crippen LogP contribution in [0.5, 0.6) is 11.5 Å². The monoisotopic (exact) mass is 387 g/mol. The molecule has 0 bridgehead atoms. The molecule has 0 aliphatic heterocycles. The highest BCUT2D eigenvalue weighted by atomic mass is 35.5. The Kier molecular flexibility index (Phi) is 4.28. The molecule has 0 fully saturated rings. The van der Waals surface area contributed by atoms with Crippen LogP contribution in [0.25, 0.3) is 16.9 Å². The molecule has 1 aromatic carbocycles. The summed E-state index contributed by atoms with van der Waals surface area (Å²) in [6, 6.07) is 8.48. The number of hydrogen-bond acceptors (Lipinski definition) is 7. The second kappa shape index (κ2) is 6.76. The molecular weight excluding hydrogens is 374 g/mol. The molecule has 3 aromatic heterocycles. The van der Waals surface area contributed by atoms with Crippen molar-refractivity contribution in [2.75, 3.05) is 14.2 Å². The lowest BCUT2D eigenvalue weighted by Crippen LogP contribution is -2.23. The van der Waals surface area contributed by atoms with Crippen LogP contribution in [-0.4, -0.2) is 38.5 Å². The Morgan fingerprint density at radius 3 is 2.81 bits per heavy atom. The van der Waals surface area contributed by atoms with Gasteiger partial charge in [0.25, 0.3) is 5.56 Å². The number of methoxy groups -OCH3 is 2. The van der Waals surface area contributed by atoms with E-state index in [-0.39, 0.29) is 18.0 Å². The number of halogens is 1. The van der Waals surface area contributed by atoms with Crippen molar-refractivity contribution in [3.8, 4) is 22.9 Å². The van der Waals surface area contributed by atoms with Gasteiger partial charge in [-0.15, -0.1) is 0 Å². The summed E-state index contributed by atoms with van der Waals surface area (Å²) in [4.78, 5) is 16.9. The standard InChI is InChI=1S/C17H14ClN5O4/c1-25-10-3-4-11(13(7-10)26-2)16-20-15(27-21-16)8-22-9-19-23-12(17(22)24)5-6-14(23)18/h3-7,9H,8H2,1-2H3. The lowest BCUT2D eigenvalue weighted by molar-refractivity contribution is 0.368. The third-order valence-electron chi connectivity index (χ3n) is 4.02. The Morgan fingerprint density at radius 1 is 1.19 bits per heavy atom. The van der Waals surface area contributed by atoms with Crippen molar-refractivity contribution in [3.05, 3.63) is 58.1 Å². The second-order valence-electron chi connectivity index (χ2n) is 5.60. The maximum absolute atomic E-state index is 12.5. The van der Waals surface area contributed by atoms with Gasteiger partial charge in [0.15, 0.2) is 0 Å². The third kappa shape index (κ3) is 3.02. The van der Waals surface area contributed by atoms with E-state index in [0.717, 1.165) is 0 Å². The number of benzene rings is 1. The van der Waals surface area contributed by atoms with Gasteiger partial charge in [0, 0.05) is 6.07 Å². The van der Waals surface area contributed by atoms with Crippen molar-refractivity contribution in [2.24, 2.45) is 0 Å². The van der Waals surface area contributed by atoms with E-state index in [9.17, 15) is 4.79 Å². The van der Waals surface area contributed by atoms with Gasteiger partial charge in [0.1, 0.15) is 35.0 Å². The average molecular weight is 388 g/mol. The number of hydrogen-bond donors (Lipinski definition) is 0. The zero-order valence-electron chi connectivity index (χ0n) is 14.4. The van der Waals surface area contributed by atoms with Gasteiger partial charge in [-0.25, -0.2) is 4.52 Å². The maximum atomic E-state index is 12.5. The van der Waals surface area contributed by atoms with E-state index in [0.29, 0.717) is 33.6 Å². The van der Waals surface area contributed by atoms with Crippen LogP contribution in [-0.2, 0) is 6.54 Å². The van der Waals surface area contributed by atoms with E-state index in [2.05, 4.69) is 15.2 Å². The third-order valence-corrected chi connectivity index (χ3v) is 4.31. The normalized spacial score (nSPS) is 11.1. The number of aromatic nitrogens is 5. The molecule has 4 rings (SSSR count). The van der Waals surface area contributed by atoms with Gasteiger partial charge in [-0.3, -0.25) is 9.36 Å². The second-order valence-corrected chi connectivity index (χ2v) is 5.98. The van der Waals surface area contributed by atoms with Crippen LogP contribution in [0.1, 0.15) is 5.89 Å². The van der Waals surface area contributed by atoms with Crippen molar-refractivity contribution >= 4 is 17.1 Å². The topological polar surface area (TPSA) is 96.7 Å². The first-order valence-electron chi connectivity index (χ1n) is 7.88. The molecule has 0 saturated carbocycles. The fourth-order valence-electron chi connectivity index (χ4n) is 2.67. The van der Waals surface area contributed by atoms with E-state index in [1.807, 2.05) is 0 Å². The fourth-order valence-corrected chi connectivity index (χ4v) is 2.86. The molecular formula is C17H14ClN5O4. The quantitative estimate of drug-likeness (QED) is 0.518. The number of rotatable bonds is 5. The summed E-state index contributed by atoms with van der Waals surface area (Å²) in [5.41, 5.74) is 0.741. The summed E-state index contributed by atoms with van der Waals surface area (Å²) in [5.74, 6) is 1.80. The van der Waals surface area contributed by atoms with E-state index >= 15 is 0 Å². The number of ether oxygens (including phenoxy) is 2. The highest BCUT2D eigenvalue weighted by Crippen LogP contribution is 2.31. The number of nitrogens with zero attached hydrogens (tertiary/aromatic N) is 5. The van der Waals surface area contributed by atoms with Gasteiger partial charge in [-0.2, -0.15) is 10.1 Å². The van der Waals surface area contributed by atoms with Gasteiger partial charge in [-0.05, 0) is 24.3 Å². The van der Waals surface area contributed by atoms with Crippen LogP contribution >= 0.6 is 11.6 Å². The SMILES string of the molecule is COc1ccc(-c2noc(Cn3cnn4c(Cl)ccc4c3=O)n2)c(OC)c1. The molecule has 0 atom stereocenters. The van der Waals surface area contributed by atoms with Gasteiger partial charge >= 0.3 is 0 Å². The smallest absolute Gasteiger partial charge is 0.278 e. The Bertz CT molecular complexity index is 1180. The zero-order valence-corrected chi connectivity index (χ0v) is 15.2. The van der Waals surface area contributed by atoms with Gasteiger partial charge in [0.05, 0.1) is 19.8 Å². The fraction of sp³-hybridized carbons (Fsp3) is 0.176. The van der Waals surface area contributed by atoms with Crippen molar-refractivity contribution in [2.45, 2.75) is 6.54 Å². The van der Waals surface area contributed by atoms with Crippen LogP contribution in [0.4, 0.5) is 0 Å². The van der Waals surface area contributed by atoms with E-state index in [4.69, 9.17) is 25.6 Å². The van der Waals surface area contributed by atoms with Gasteiger partial charge in [-0.1, -0.05) is 16.8 Å². The molecule has 0 spiro atoms. The minimum absolute atomic E-state index is 0.0800. The molecule has 0 unspecified atom stereocenters. The molecule has 10 heteroatoms. The Morgan fingerprint density at radius 2 is 2.04 bits per heavy atom. The highest BCUT2D eigenvalue weighted by molar-refractivity contribution is 6.29. The first-order chi connectivity index (χ1) is 13.1. The summed E-state index contributed by atoms with van der Waals surface area (Å²) in [6.07, 6.45) is 1.37. The Balaban J connectivity index is 1.66. The van der Waals surface area contributed by atoms with E-state index in [1.54, 1.807) is 44.6 Å². The molecule has 3 heterocycles. The molecule has 27 heavy (non-hydrogen) atoms. The Labute approximate surface area is 157 Å². The lowest BCUT2D eigenvalue weighted by atomic mass is 10.2. The number of fused-ring (bicyclic) bond motifs is 1. The summed E-state index contributed by atoms with van der Waals surface area (Å²) in [5, 5.41) is 8.47. The summed E-state index contributed by atoms with van der Waals surface area (Å²) in [6.45, 7) is 0.0800. The molecule has 9 nitrogen and oxygen atoms in total. The molecule has 138 valence electrons. The molecule has 0 aliphatic carbocycles. The lowest BCUT2D eigenvalue weighted by Gasteiger charge is -2.07. The predicted octanol–water partition coefficient (Wildman–Crippen LogP) is 2.26. The average Bonchev–Trinajstić information content (AvgIpc) is 3.30. The van der Waals surface area contributed by atoms with Gasteiger partial charge in [0.2, 0.25) is 11.7 Å². The molecule has 0 radical (unpaired) electrons. The van der Waals surface area contributed by atoms with Crippen LogP contribution in [0, 0.1) is 0 Å². The molecule has 0 saturated heterocycles. The van der Waals surface area contributed by atoms with Crippen LogP contribution in [0.3, 0.4) is 0 Å². The van der Waals surface area contributed by atoms with E-state index in [1.165, 1.54) is 15.4 Å². The molecule has 0 aliphatic rings. The summed E-state index contributed by atoms with van der Waals surface area (Å²) < 4.78 is 18.6. The molecule has 4 aromatic rings. The van der Waals surface area contributed by atoms with E-state index < -0.39 is 0 Å². The van der Waals surface area contributed by atoms with Crippen molar-refractivity contribution in [3.63, 3.8) is 0 Å². The zero-order chi connectivity index (χ0) is 19.0. The summed E-state index contributed by atoms with van der Waals surface area (Å²) >= 11 is 5.97. The van der Waals surface area contributed by atoms with Crippen molar-refractivity contribution in [1.82, 2.24) is 24.3 Å². The first-order valence-corrected chi connectivity index (χ1v) is 8.26.